The normalized spacial score (nSPS) is 28.0. The molecule has 4 aliphatic heterocycles. The molecule has 0 N–H and O–H groups in total. The van der Waals surface area contributed by atoms with Crippen LogP contribution in [-0.2, 0) is 41.7 Å². The Morgan fingerprint density at radius 1 is 0.373 bits per heavy atom. The Labute approximate surface area is 676 Å². The summed E-state index contributed by atoms with van der Waals surface area (Å²) >= 11 is 10.6. The average Bonchev–Trinajstić information content (AvgIpc) is 1.55. The van der Waals surface area contributed by atoms with Gasteiger partial charge in [-0.2, -0.15) is 0 Å². The minimum absolute atomic E-state index is 0. The molecule has 102 heavy (non-hydrogen) atoms. The predicted molar refractivity (Wildman–Crippen MR) is 450 cm³/mol. The number of aryl methyl sites for hydroxylation is 8. The van der Waals surface area contributed by atoms with E-state index in [0.717, 1.165) is 35.9 Å². The van der Waals surface area contributed by atoms with E-state index in [-0.39, 0.29) is 14.9 Å². The predicted octanol–water partition coefficient (Wildman–Crippen LogP) is 29.6. The molecular weight excluding hydrogens is 1650 g/mol. The van der Waals surface area contributed by atoms with Crippen LogP contribution >= 0.6 is 103 Å². The van der Waals surface area contributed by atoms with E-state index in [1.54, 1.807) is 21.0 Å². The number of halogens is 4. The van der Waals surface area contributed by atoms with Crippen molar-refractivity contribution in [3.8, 4) is 0 Å². The number of hydrogen-bond acceptors (Lipinski definition) is 12. The van der Waals surface area contributed by atoms with Gasteiger partial charge in [-0.15, -0.1) is 68.9 Å². The van der Waals surface area contributed by atoms with Gasteiger partial charge < -0.3 is 42.3 Å². The first-order valence-electron chi connectivity index (χ1n) is 36.0. The molecule has 552 valence electrons. The number of thiophene rings is 4. The molecule has 8 aromatic rings. The van der Waals surface area contributed by atoms with Gasteiger partial charge in [-0.05, 0) is 261 Å². The Bertz CT molecular complexity index is 3980. The molecule has 8 aromatic heterocycles. The molecule has 0 saturated heterocycles. The third kappa shape index (κ3) is 16.5. The van der Waals surface area contributed by atoms with Crippen molar-refractivity contribution in [1.82, 2.24) is 0 Å². The number of nitrogens with zero attached hydrogens (tertiary/aromatic N) is 2. The van der Waals surface area contributed by atoms with E-state index in [2.05, 4.69) is 252 Å². The van der Waals surface area contributed by atoms with E-state index in [9.17, 15) is 0 Å². The first kappa shape index (κ1) is 84.6. The molecule has 6 nitrogen and oxygen atoms in total. The van der Waals surface area contributed by atoms with Crippen molar-refractivity contribution in [3.05, 3.63) is 221 Å². The standard InChI is InChI=1S/C38H46N2O2S2Si.C38H44O2S4Si.2C2H6.2CH3.4ClH.2Zr/c1-21-17-27-31(39(21)35-15-11-25(5)43-35)19-29(33-13-9-23(3)41-33)37(27)45(7,8)38-28-18-22(2)40(36-16-12-26(6)44-36)32(28)20-30(38)34-14-10-24(4)42-34;1-19-9-13-29(39-19)25-17-27-33(31-15-11-21(3)41-31)23(5)43-35(27)37(25)45(7,8)38-26(30-14-10-20(2)40-30)18-28-34(24(6)44-36(28)38)32-16-12-22(4)42-32;2*1-2;;;;;;;;/h9-18,27-32,37-38H,19-20H2,1-8H3;9-16,25-28,35-38H,17-18H2,1-8H3;2*1-2H3;2*1H3;4*1H;;/q;;;;2*-1;;;;;2*+2/p-4. The summed E-state index contributed by atoms with van der Waals surface area (Å²) in [6.07, 6.45) is 10.00. The number of furan rings is 4. The molecule has 16 rings (SSSR count). The van der Waals surface area contributed by atoms with Gasteiger partial charge in [0, 0.05) is 98.7 Å². The maximum atomic E-state index is 6.56. The average molecular weight is 1760 g/mol. The Kier molecular flexibility index (Phi) is 29.6. The summed E-state index contributed by atoms with van der Waals surface area (Å²) in [5.74, 6) is 13.0. The molecule has 0 bridgehead atoms. The second-order valence-corrected chi connectivity index (χ2v) is 54.9. The van der Waals surface area contributed by atoms with Crippen LogP contribution in [0.25, 0.3) is 11.1 Å². The zero-order valence-corrected chi connectivity index (χ0v) is 78.8. The molecule has 0 aromatic carbocycles. The fourth-order valence-electron chi connectivity index (χ4n) is 20.2. The molecule has 16 atom stereocenters. The minimum atomic E-state index is -2.05. The van der Waals surface area contributed by atoms with E-state index < -0.39 is 57.8 Å². The number of anilines is 2. The van der Waals surface area contributed by atoms with Crippen LogP contribution in [0.5, 0.6) is 0 Å². The second kappa shape index (κ2) is 35.7. The topological polar surface area (TPSA) is 59.0 Å². The van der Waals surface area contributed by atoms with Crippen molar-refractivity contribution >= 4 is 140 Å². The van der Waals surface area contributed by atoms with E-state index in [4.69, 9.17) is 51.7 Å². The zero-order chi connectivity index (χ0) is 72.1. The fraction of sp³-hybridized carbons (Fsp3) is 0.488. The van der Waals surface area contributed by atoms with Crippen LogP contribution in [0.1, 0.15) is 180 Å². The molecular formula is C82H108Cl4N2O4S6Si2Zr2-2. The van der Waals surface area contributed by atoms with Gasteiger partial charge in [0.15, 0.2) is 0 Å². The second-order valence-electron chi connectivity index (χ2n) is 29.6. The summed E-state index contributed by atoms with van der Waals surface area (Å²) in [6.45, 7) is 45.9. The Morgan fingerprint density at radius 2 is 0.657 bits per heavy atom. The summed E-state index contributed by atoms with van der Waals surface area (Å²) < 4.78 is 26.2. The van der Waals surface area contributed by atoms with Gasteiger partial charge in [0.1, 0.15) is 46.1 Å². The van der Waals surface area contributed by atoms with Crippen molar-refractivity contribution in [2.75, 3.05) is 9.80 Å². The summed E-state index contributed by atoms with van der Waals surface area (Å²) in [7, 11) is 15.7. The van der Waals surface area contributed by atoms with Crippen molar-refractivity contribution < 1.29 is 59.4 Å². The summed E-state index contributed by atoms with van der Waals surface area (Å²) in [6, 6.07) is 37.5. The van der Waals surface area contributed by atoms with E-state index in [1.807, 2.05) is 73.0 Å². The fourth-order valence-corrected chi connectivity index (χ4v) is 40.9. The molecule has 20 heteroatoms. The molecule has 8 aliphatic rings. The van der Waals surface area contributed by atoms with Crippen LogP contribution < -0.4 is 9.80 Å². The summed E-state index contributed by atoms with van der Waals surface area (Å²) in [5.41, 5.74) is 8.52. The van der Waals surface area contributed by atoms with Crippen molar-refractivity contribution in [2.45, 2.75) is 231 Å². The Hall–Kier alpha value is -1.46. The van der Waals surface area contributed by atoms with Gasteiger partial charge in [0.2, 0.25) is 0 Å². The van der Waals surface area contributed by atoms with E-state index >= 15 is 0 Å². The van der Waals surface area contributed by atoms with Crippen molar-refractivity contribution in [3.63, 3.8) is 0 Å². The molecule has 0 spiro atoms. The van der Waals surface area contributed by atoms with Gasteiger partial charge in [-0.3, -0.25) is 0 Å². The van der Waals surface area contributed by atoms with Crippen LogP contribution in [-0.4, -0.2) is 38.7 Å². The first-order chi connectivity index (χ1) is 47.8. The Morgan fingerprint density at radius 3 is 0.922 bits per heavy atom. The van der Waals surface area contributed by atoms with Crippen molar-refractivity contribution in [1.29, 1.82) is 0 Å². The molecule has 0 radical (unpaired) electrons. The van der Waals surface area contributed by atoms with Gasteiger partial charge in [-0.25, -0.2) is 0 Å². The number of thioether (sulfide) groups is 2. The molecule has 4 aliphatic carbocycles. The van der Waals surface area contributed by atoms with E-state index in [1.165, 1.54) is 86.5 Å². The van der Waals surface area contributed by atoms with Gasteiger partial charge in [0.05, 0.1) is 26.1 Å². The van der Waals surface area contributed by atoms with Crippen LogP contribution in [0.2, 0.25) is 48.4 Å². The number of rotatable bonds is 12. The third-order valence-corrected chi connectivity index (χ3v) is 40.7. The van der Waals surface area contributed by atoms with Crippen LogP contribution in [0.3, 0.4) is 0 Å². The van der Waals surface area contributed by atoms with Crippen LogP contribution in [0.4, 0.5) is 10.0 Å². The number of hydrogen-bond donors (Lipinski definition) is 0. The van der Waals surface area contributed by atoms with Gasteiger partial charge in [-0.1, -0.05) is 66.0 Å². The quantitative estimate of drug-likeness (QED) is 0.0886. The molecule has 0 amide bonds. The van der Waals surface area contributed by atoms with Gasteiger partial charge in [0.25, 0.3) is 0 Å². The summed E-state index contributed by atoms with van der Waals surface area (Å²) in [4.78, 5) is 17.0. The third-order valence-electron chi connectivity index (χ3n) is 23.3. The molecule has 4 fully saturated rings. The first-order valence-corrected chi connectivity index (χ1v) is 60.0. The van der Waals surface area contributed by atoms with Crippen LogP contribution in [0.15, 0.2) is 148 Å². The monoisotopic (exact) mass is 1750 g/mol. The van der Waals surface area contributed by atoms with Crippen molar-refractivity contribution in [2.24, 2.45) is 23.7 Å². The van der Waals surface area contributed by atoms with E-state index in [0.29, 0.717) is 92.1 Å². The van der Waals surface area contributed by atoms with Gasteiger partial charge >= 0.3 is 75.7 Å². The molecule has 16 unspecified atom stereocenters. The zero-order valence-electron chi connectivity index (χ0n) is 63.9. The molecule has 12 heterocycles. The molecule has 4 saturated carbocycles. The Balaban J connectivity index is 0.000000207. The SMILES string of the molecule is CC.CC.CC1=C(c2ccc(C)s2)C2CC(c3ccc(C)o3)C([Si](C)(C)C3C(c4ccc(C)o4)CC4C(c5ccc(C)s5)=C(C)SC43)C2S1.CC1=CC2C(CC(c3ccc(C)o3)C2[Si](C)(C)C2C(c3ccc(C)o3)CC3C2C=C(C)N3c2ccc(C)s2)N1c1ccc(C)s1.[CH3-].[CH3-].[Cl][Zr][Cl].[Cl][Zr][Cl]. The number of allylic oxidation sites excluding steroid dienone is 6. The van der Waals surface area contributed by atoms with Crippen LogP contribution in [0, 0.1) is 93.9 Å². The number of fused-ring (bicyclic) bond motifs is 4. The maximum absolute atomic E-state index is 6.56. The summed E-state index contributed by atoms with van der Waals surface area (Å²) in [5, 5.41) is 4.00.